The highest BCUT2D eigenvalue weighted by Gasteiger charge is 2.35. The van der Waals surface area contributed by atoms with E-state index < -0.39 is 0 Å². The molecule has 1 saturated heterocycles. The molecule has 0 bridgehead atoms. The maximum Gasteiger partial charge on any atom is 0.227 e. The topological polar surface area (TPSA) is 62.3 Å². The summed E-state index contributed by atoms with van der Waals surface area (Å²) in [7, 11) is 0. The maximum absolute atomic E-state index is 12.3. The molecule has 1 aromatic heterocycles. The summed E-state index contributed by atoms with van der Waals surface area (Å²) in [5.41, 5.74) is 1.51. The molecule has 3 rings (SSSR count). The van der Waals surface area contributed by atoms with Gasteiger partial charge in [0.2, 0.25) is 11.8 Å². The van der Waals surface area contributed by atoms with Gasteiger partial charge >= 0.3 is 0 Å². The third-order valence-electron chi connectivity index (χ3n) is 3.79. The van der Waals surface area contributed by atoms with Gasteiger partial charge in [0.25, 0.3) is 0 Å². The number of nitrogens with one attached hydrogen (secondary N) is 1. The Bertz CT molecular complexity index is 721. The summed E-state index contributed by atoms with van der Waals surface area (Å²) in [6.07, 6.45) is 1.89. The fraction of sp³-hybridized carbons (Fsp3) is 0.235. The number of carbonyl (C=O) groups is 2. The van der Waals surface area contributed by atoms with E-state index in [-0.39, 0.29) is 24.2 Å². The molecule has 2 amide bonds. The maximum atomic E-state index is 12.3. The summed E-state index contributed by atoms with van der Waals surface area (Å²) in [4.78, 5) is 30.2. The first-order chi connectivity index (χ1) is 11.1. The van der Waals surface area contributed by atoms with Crippen molar-refractivity contribution in [3.63, 3.8) is 0 Å². The number of anilines is 1. The number of amides is 2. The number of hydrogen-bond acceptors (Lipinski definition) is 3. The second kappa shape index (κ2) is 6.79. The minimum absolute atomic E-state index is 0.0646. The summed E-state index contributed by atoms with van der Waals surface area (Å²) < 4.78 is 0. The van der Waals surface area contributed by atoms with Crippen LogP contribution in [0.4, 0.5) is 5.69 Å². The molecule has 1 unspecified atom stereocenters. The van der Waals surface area contributed by atoms with E-state index in [4.69, 9.17) is 11.6 Å². The van der Waals surface area contributed by atoms with E-state index in [9.17, 15) is 9.59 Å². The predicted octanol–water partition coefficient (Wildman–Crippen LogP) is 2.40. The van der Waals surface area contributed by atoms with Crippen LogP contribution in [-0.2, 0) is 16.1 Å². The fourth-order valence-electron chi connectivity index (χ4n) is 2.60. The van der Waals surface area contributed by atoms with Crippen LogP contribution in [0.5, 0.6) is 0 Å². The Balaban J connectivity index is 1.62. The van der Waals surface area contributed by atoms with E-state index >= 15 is 0 Å². The molecule has 0 radical (unpaired) electrons. The number of halogens is 1. The van der Waals surface area contributed by atoms with Crippen LogP contribution in [0.3, 0.4) is 0 Å². The van der Waals surface area contributed by atoms with Crippen molar-refractivity contribution in [2.75, 3.05) is 11.4 Å². The number of pyridine rings is 1. The Hall–Kier alpha value is -2.40. The summed E-state index contributed by atoms with van der Waals surface area (Å²) in [6, 6.07) is 12.6. The minimum Gasteiger partial charge on any atom is -0.350 e. The number of rotatable bonds is 4. The van der Waals surface area contributed by atoms with E-state index in [1.54, 1.807) is 29.3 Å². The van der Waals surface area contributed by atoms with Crippen LogP contribution in [0.1, 0.15) is 12.1 Å². The van der Waals surface area contributed by atoms with Gasteiger partial charge in [0.05, 0.1) is 18.2 Å². The molecule has 2 heterocycles. The van der Waals surface area contributed by atoms with Crippen LogP contribution >= 0.6 is 11.6 Å². The quantitative estimate of drug-likeness (QED) is 0.937. The molecule has 118 valence electrons. The van der Waals surface area contributed by atoms with Gasteiger partial charge in [0, 0.05) is 29.9 Å². The largest absolute Gasteiger partial charge is 0.350 e. The second-order valence-electron chi connectivity index (χ2n) is 5.42. The van der Waals surface area contributed by atoms with Crippen molar-refractivity contribution >= 4 is 29.1 Å². The number of hydrogen-bond donors (Lipinski definition) is 1. The molecule has 0 spiro atoms. The first kappa shape index (κ1) is 15.5. The second-order valence-corrected chi connectivity index (χ2v) is 5.86. The third-order valence-corrected chi connectivity index (χ3v) is 4.02. The Labute approximate surface area is 139 Å². The lowest BCUT2D eigenvalue weighted by Gasteiger charge is -2.17. The minimum atomic E-state index is -0.356. The van der Waals surface area contributed by atoms with Crippen molar-refractivity contribution in [3.05, 3.63) is 59.4 Å². The first-order valence-electron chi connectivity index (χ1n) is 7.37. The van der Waals surface area contributed by atoms with E-state index in [1.807, 2.05) is 24.3 Å². The highest BCUT2D eigenvalue weighted by molar-refractivity contribution is 6.30. The van der Waals surface area contributed by atoms with Gasteiger partial charge in [-0.1, -0.05) is 23.7 Å². The van der Waals surface area contributed by atoms with E-state index in [0.29, 0.717) is 18.1 Å². The monoisotopic (exact) mass is 329 g/mol. The van der Waals surface area contributed by atoms with Gasteiger partial charge in [-0.15, -0.1) is 0 Å². The fourth-order valence-corrected chi connectivity index (χ4v) is 2.79. The van der Waals surface area contributed by atoms with Crippen molar-refractivity contribution in [3.8, 4) is 0 Å². The summed E-state index contributed by atoms with van der Waals surface area (Å²) in [5.74, 6) is -0.552. The van der Waals surface area contributed by atoms with Crippen LogP contribution in [-0.4, -0.2) is 23.3 Å². The molecule has 5 nitrogen and oxygen atoms in total. The van der Waals surface area contributed by atoms with E-state index in [2.05, 4.69) is 10.3 Å². The molecule has 1 N–H and O–H groups in total. The molecule has 1 aliphatic rings. The zero-order valence-corrected chi connectivity index (χ0v) is 13.2. The number of nitrogens with zero attached hydrogens (tertiary/aromatic N) is 2. The Morgan fingerprint density at radius 2 is 2.17 bits per heavy atom. The van der Waals surface area contributed by atoms with Gasteiger partial charge in [0.15, 0.2) is 0 Å². The molecule has 1 aliphatic heterocycles. The Morgan fingerprint density at radius 1 is 1.30 bits per heavy atom. The lowest BCUT2D eigenvalue weighted by molar-refractivity contribution is -0.126. The van der Waals surface area contributed by atoms with Gasteiger partial charge in [-0.2, -0.15) is 0 Å². The lowest BCUT2D eigenvalue weighted by Crippen LogP contribution is -2.32. The van der Waals surface area contributed by atoms with Gasteiger partial charge in [-0.05, 0) is 30.3 Å². The van der Waals surface area contributed by atoms with Crippen molar-refractivity contribution in [2.24, 2.45) is 5.92 Å². The predicted molar refractivity (Wildman–Crippen MR) is 88.0 cm³/mol. The van der Waals surface area contributed by atoms with Crippen LogP contribution in [0.15, 0.2) is 48.7 Å². The van der Waals surface area contributed by atoms with E-state index in [0.717, 1.165) is 11.4 Å². The van der Waals surface area contributed by atoms with Crippen LogP contribution in [0.25, 0.3) is 0 Å². The number of carbonyl (C=O) groups excluding carboxylic acids is 2. The van der Waals surface area contributed by atoms with Crippen molar-refractivity contribution in [1.82, 2.24) is 10.3 Å². The SMILES string of the molecule is O=C(NCc1ccccn1)C1CC(=O)N(c2cccc(Cl)c2)C1. The highest BCUT2D eigenvalue weighted by Crippen LogP contribution is 2.27. The molecular formula is C17H16ClN3O2. The normalized spacial score (nSPS) is 17.3. The number of aromatic nitrogens is 1. The molecule has 1 aromatic carbocycles. The van der Waals surface area contributed by atoms with Crippen LogP contribution < -0.4 is 10.2 Å². The number of benzene rings is 1. The van der Waals surface area contributed by atoms with Crippen LogP contribution in [0.2, 0.25) is 5.02 Å². The summed E-state index contributed by atoms with van der Waals surface area (Å²) >= 11 is 5.96. The zero-order chi connectivity index (χ0) is 16.2. The zero-order valence-electron chi connectivity index (χ0n) is 12.4. The van der Waals surface area contributed by atoms with Gasteiger partial charge in [-0.25, -0.2) is 0 Å². The molecule has 6 heteroatoms. The first-order valence-corrected chi connectivity index (χ1v) is 7.75. The van der Waals surface area contributed by atoms with Crippen molar-refractivity contribution in [1.29, 1.82) is 0 Å². The molecular weight excluding hydrogens is 314 g/mol. The average Bonchev–Trinajstić information content (AvgIpc) is 2.95. The molecule has 1 fully saturated rings. The van der Waals surface area contributed by atoms with Gasteiger partial charge < -0.3 is 10.2 Å². The lowest BCUT2D eigenvalue weighted by atomic mass is 10.1. The summed E-state index contributed by atoms with van der Waals surface area (Å²) in [6.45, 7) is 0.731. The highest BCUT2D eigenvalue weighted by atomic mass is 35.5. The van der Waals surface area contributed by atoms with Gasteiger partial charge in [0.1, 0.15) is 0 Å². The average molecular weight is 330 g/mol. The molecule has 2 aromatic rings. The molecule has 0 aliphatic carbocycles. The molecule has 23 heavy (non-hydrogen) atoms. The smallest absolute Gasteiger partial charge is 0.227 e. The van der Waals surface area contributed by atoms with Crippen LogP contribution in [0, 0.1) is 5.92 Å². The van der Waals surface area contributed by atoms with Crippen molar-refractivity contribution < 1.29 is 9.59 Å². The third kappa shape index (κ3) is 3.68. The molecule has 1 atom stereocenters. The summed E-state index contributed by atoms with van der Waals surface area (Å²) in [5, 5.41) is 3.41. The molecule has 0 saturated carbocycles. The Morgan fingerprint density at radius 3 is 2.91 bits per heavy atom. The Kier molecular flexibility index (Phi) is 4.57. The van der Waals surface area contributed by atoms with Crippen molar-refractivity contribution in [2.45, 2.75) is 13.0 Å². The van der Waals surface area contributed by atoms with Gasteiger partial charge in [-0.3, -0.25) is 14.6 Å². The standard InChI is InChI=1S/C17H16ClN3O2/c18-13-4-3-6-15(9-13)21-11-12(8-16(21)22)17(23)20-10-14-5-1-2-7-19-14/h1-7,9,12H,8,10-11H2,(H,20,23). The van der Waals surface area contributed by atoms with E-state index in [1.165, 1.54) is 0 Å².